The van der Waals surface area contributed by atoms with Crippen LogP contribution in [0.5, 0.6) is 0 Å². The van der Waals surface area contributed by atoms with Crippen molar-refractivity contribution >= 4 is 22.7 Å². The highest BCUT2D eigenvalue weighted by Crippen LogP contribution is 2.21. The molecule has 1 unspecified atom stereocenters. The Kier molecular flexibility index (Phi) is 2.72. The van der Waals surface area contributed by atoms with Gasteiger partial charge in [-0.15, -0.1) is 0 Å². The normalized spacial score (nSPS) is 20.7. The number of hydrogen-bond donors (Lipinski definition) is 1. The van der Waals surface area contributed by atoms with Gasteiger partial charge in [-0.2, -0.15) is 0 Å². The van der Waals surface area contributed by atoms with Crippen LogP contribution in [0.25, 0.3) is 0 Å². The summed E-state index contributed by atoms with van der Waals surface area (Å²) in [5, 5.41) is 4.78. The van der Waals surface area contributed by atoms with E-state index in [1.807, 2.05) is 25.1 Å². The first-order valence-corrected chi connectivity index (χ1v) is 5.54. The highest BCUT2D eigenvalue weighted by molar-refractivity contribution is 8.15. The highest BCUT2D eigenvalue weighted by Gasteiger charge is 2.14. The average Bonchev–Trinajstić information content (AvgIpc) is 2.51. The van der Waals surface area contributed by atoms with Crippen LogP contribution >= 0.6 is 11.8 Å². The van der Waals surface area contributed by atoms with Crippen LogP contribution in [0.3, 0.4) is 0 Å². The molecule has 74 valence electrons. The second-order valence-corrected chi connectivity index (χ2v) is 4.79. The first-order chi connectivity index (χ1) is 6.74. The predicted octanol–water partition coefficient (Wildman–Crippen LogP) is 2.29. The van der Waals surface area contributed by atoms with Crippen molar-refractivity contribution < 1.29 is 0 Å². The average molecular weight is 207 g/mol. The number of amidine groups is 1. The van der Waals surface area contributed by atoms with E-state index >= 15 is 0 Å². The number of aryl methyl sites for hydroxylation is 1. The molecule has 2 rings (SSSR count). The van der Waals surface area contributed by atoms with E-state index < -0.39 is 0 Å². The van der Waals surface area contributed by atoms with E-state index in [4.69, 9.17) is 0 Å². The van der Waals surface area contributed by atoms with Crippen molar-refractivity contribution in [1.82, 2.24) is 4.98 Å². The maximum atomic E-state index is 4.37. The Morgan fingerprint density at radius 2 is 2.36 bits per heavy atom. The molecule has 1 aliphatic rings. The number of aliphatic imine (C=N–C) groups is 1. The highest BCUT2D eigenvalue weighted by atomic mass is 32.2. The van der Waals surface area contributed by atoms with Gasteiger partial charge in [0.15, 0.2) is 5.17 Å². The van der Waals surface area contributed by atoms with Gasteiger partial charge in [0, 0.05) is 10.9 Å². The lowest BCUT2D eigenvalue weighted by Gasteiger charge is -2.05. The van der Waals surface area contributed by atoms with Crippen molar-refractivity contribution in [3.05, 3.63) is 23.9 Å². The zero-order chi connectivity index (χ0) is 9.97. The van der Waals surface area contributed by atoms with Gasteiger partial charge in [-0.25, -0.2) is 4.98 Å². The van der Waals surface area contributed by atoms with Crippen molar-refractivity contribution in [2.75, 3.05) is 11.9 Å². The maximum absolute atomic E-state index is 4.37. The first-order valence-electron chi connectivity index (χ1n) is 4.66. The Hall–Kier alpha value is -1.03. The molecule has 1 aromatic rings. The minimum atomic E-state index is 0.585. The standard InChI is InChI=1S/C10H13N3S/c1-7-4-3-5-9(12-7)13-10-11-6-8(2)14-10/h3-5,8H,6H2,1-2H3,(H,11,12,13). The molecule has 0 radical (unpaired) electrons. The van der Waals surface area contributed by atoms with Gasteiger partial charge in [0.25, 0.3) is 0 Å². The van der Waals surface area contributed by atoms with E-state index in [1.54, 1.807) is 11.8 Å². The molecule has 1 atom stereocenters. The van der Waals surface area contributed by atoms with Crippen molar-refractivity contribution in [1.29, 1.82) is 0 Å². The van der Waals surface area contributed by atoms with Crippen LogP contribution in [0.2, 0.25) is 0 Å². The van der Waals surface area contributed by atoms with Gasteiger partial charge in [0.2, 0.25) is 0 Å². The Morgan fingerprint density at radius 3 is 3.00 bits per heavy atom. The van der Waals surface area contributed by atoms with Crippen LogP contribution in [-0.2, 0) is 0 Å². The smallest absolute Gasteiger partial charge is 0.162 e. The molecule has 1 N–H and O–H groups in total. The Balaban J connectivity index is 2.04. The SMILES string of the molecule is Cc1cccc(NC2=NCC(C)S2)n1. The zero-order valence-corrected chi connectivity index (χ0v) is 9.14. The summed E-state index contributed by atoms with van der Waals surface area (Å²) in [6, 6.07) is 5.94. The summed E-state index contributed by atoms with van der Waals surface area (Å²) in [5.74, 6) is 0.880. The van der Waals surface area contributed by atoms with Crippen LogP contribution in [0.15, 0.2) is 23.2 Å². The van der Waals surface area contributed by atoms with E-state index in [0.717, 1.165) is 23.2 Å². The van der Waals surface area contributed by atoms with Gasteiger partial charge in [-0.05, 0) is 19.1 Å². The molecule has 1 aliphatic heterocycles. The van der Waals surface area contributed by atoms with Gasteiger partial charge >= 0.3 is 0 Å². The number of anilines is 1. The van der Waals surface area contributed by atoms with E-state index in [-0.39, 0.29) is 0 Å². The first kappa shape index (κ1) is 9.52. The minimum absolute atomic E-state index is 0.585. The molecule has 0 fully saturated rings. The minimum Gasteiger partial charge on any atom is -0.320 e. The second kappa shape index (κ2) is 4.00. The van der Waals surface area contributed by atoms with Crippen LogP contribution in [0.4, 0.5) is 5.82 Å². The number of rotatable bonds is 1. The predicted molar refractivity (Wildman–Crippen MR) is 62.0 cm³/mol. The molecule has 3 nitrogen and oxygen atoms in total. The molecule has 1 aromatic heterocycles. The van der Waals surface area contributed by atoms with Crippen molar-refractivity contribution in [3.8, 4) is 0 Å². The molecule has 0 amide bonds. The molecular formula is C10H13N3S. The quantitative estimate of drug-likeness (QED) is 0.767. The topological polar surface area (TPSA) is 37.3 Å². The van der Waals surface area contributed by atoms with Gasteiger partial charge < -0.3 is 5.32 Å². The van der Waals surface area contributed by atoms with Crippen LogP contribution in [0, 0.1) is 6.92 Å². The summed E-state index contributed by atoms with van der Waals surface area (Å²) in [6.45, 7) is 5.06. The Morgan fingerprint density at radius 1 is 1.50 bits per heavy atom. The van der Waals surface area contributed by atoms with E-state index in [2.05, 4.69) is 22.2 Å². The summed E-state index contributed by atoms with van der Waals surface area (Å²) >= 11 is 1.77. The molecule has 0 spiro atoms. The fourth-order valence-electron chi connectivity index (χ4n) is 1.27. The van der Waals surface area contributed by atoms with Gasteiger partial charge in [-0.3, -0.25) is 4.99 Å². The lowest BCUT2D eigenvalue weighted by molar-refractivity contribution is 0.976. The third-order valence-electron chi connectivity index (χ3n) is 1.93. The summed E-state index contributed by atoms with van der Waals surface area (Å²) in [6.07, 6.45) is 0. The number of thioether (sulfide) groups is 1. The van der Waals surface area contributed by atoms with E-state index in [9.17, 15) is 0 Å². The van der Waals surface area contributed by atoms with Crippen molar-refractivity contribution in [2.45, 2.75) is 19.1 Å². The van der Waals surface area contributed by atoms with Crippen LogP contribution < -0.4 is 5.32 Å². The van der Waals surface area contributed by atoms with Gasteiger partial charge in [-0.1, -0.05) is 24.8 Å². The third-order valence-corrected chi connectivity index (χ3v) is 2.93. The number of aromatic nitrogens is 1. The number of pyridine rings is 1. The number of nitrogens with zero attached hydrogens (tertiary/aromatic N) is 2. The third kappa shape index (κ3) is 2.26. The molecule has 14 heavy (non-hydrogen) atoms. The summed E-state index contributed by atoms with van der Waals surface area (Å²) in [5.41, 5.74) is 1.02. The summed E-state index contributed by atoms with van der Waals surface area (Å²) in [7, 11) is 0. The maximum Gasteiger partial charge on any atom is 0.162 e. The molecule has 2 heterocycles. The molecular weight excluding hydrogens is 194 g/mol. The zero-order valence-electron chi connectivity index (χ0n) is 8.32. The largest absolute Gasteiger partial charge is 0.320 e. The van der Waals surface area contributed by atoms with Crippen LogP contribution in [-0.4, -0.2) is 21.9 Å². The second-order valence-electron chi connectivity index (χ2n) is 3.36. The summed E-state index contributed by atoms with van der Waals surface area (Å²) < 4.78 is 0. The fraction of sp³-hybridized carbons (Fsp3) is 0.400. The Bertz CT molecular complexity index is 362. The van der Waals surface area contributed by atoms with Crippen molar-refractivity contribution in [3.63, 3.8) is 0 Å². The van der Waals surface area contributed by atoms with Crippen molar-refractivity contribution in [2.24, 2.45) is 4.99 Å². The van der Waals surface area contributed by atoms with E-state index in [1.165, 1.54) is 0 Å². The molecule has 0 aromatic carbocycles. The molecule has 0 saturated heterocycles. The lowest BCUT2D eigenvalue weighted by atomic mass is 10.4. The number of hydrogen-bond acceptors (Lipinski definition) is 4. The lowest BCUT2D eigenvalue weighted by Crippen LogP contribution is -2.07. The van der Waals surface area contributed by atoms with Gasteiger partial charge in [0.1, 0.15) is 5.82 Å². The fourth-order valence-corrected chi connectivity index (χ4v) is 2.11. The van der Waals surface area contributed by atoms with Gasteiger partial charge in [0.05, 0.1) is 6.54 Å². The molecule has 4 heteroatoms. The summed E-state index contributed by atoms with van der Waals surface area (Å²) in [4.78, 5) is 8.73. The van der Waals surface area contributed by atoms with E-state index in [0.29, 0.717) is 5.25 Å². The Labute approximate surface area is 88.0 Å². The molecule has 0 bridgehead atoms. The molecule has 0 saturated carbocycles. The number of nitrogens with one attached hydrogen (secondary N) is 1. The van der Waals surface area contributed by atoms with Crippen LogP contribution in [0.1, 0.15) is 12.6 Å². The monoisotopic (exact) mass is 207 g/mol. The molecule has 0 aliphatic carbocycles.